The van der Waals surface area contributed by atoms with Crippen molar-refractivity contribution >= 4 is 27.7 Å². The zero-order valence-electron chi connectivity index (χ0n) is 7.63. The van der Waals surface area contributed by atoms with Gasteiger partial charge in [-0.05, 0) is 41.8 Å². The molecule has 2 heterocycles. The van der Waals surface area contributed by atoms with E-state index in [2.05, 4.69) is 30.7 Å². The van der Waals surface area contributed by atoms with Gasteiger partial charge in [-0.25, -0.2) is 0 Å². The Bertz CT molecular complexity index is 412. The van der Waals surface area contributed by atoms with Crippen LogP contribution in [0, 0.1) is 13.8 Å². The zero-order valence-corrected chi connectivity index (χ0v) is 9.26. The summed E-state index contributed by atoms with van der Waals surface area (Å²) in [5.41, 5.74) is 9.76. The molecule has 68 valence electrons. The summed E-state index contributed by atoms with van der Waals surface area (Å²) in [7, 11) is 0. The molecule has 1 nitrogen and oxygen atoms in total. The number of anilines is 1. The second kappa shape index (κ2) is 3.16. The van der Waals surface area contributed by atoms with Crippen molar-refractivity contribution in [3.8, 4) is 11.1 Å². The smallest absolute Gasteiger partial charge is 0.0941 e. The lowest BCUT2D eigenvalue weighted by Crippen LogP contribution is -1.83. The van der Waals surface area contributed by atoms with Crippen LogP contribution in [-0.2, 0) is 0 Å². The van der Waals surface area contributed by atoms with E-state index in [1.54, 1.807) is 22.7 Å². The first-order valence-electron chi connectivity index (χ1n) is 4.08. The van der Waals surface area contributed by atoms with Gasteiger partial charge in [0.1, 0.15) is 0 Å². The minimum atomic E-state index is 0.938. The van der Waals surface area contributed by atoms with Crippen molar-refractivity contribution < 1.29 is 0 Å². The van der Waals surface area contributed by atoms with Gasteiger partial charge >= 0.3 is 0 Å². The number of aryl methyl sites for hydroxylation is 1. The van der Waals surface area contributed by atoms with E-state index in [1.165, 1.54) is 21.6 Å². The molecule has 0 radical (unpaired) electrons. The van der Waals surface area contributed by atoms with Crippen molar-refractivity contribution in [3.63, 3.8) is 0 Å². The van der Waals surface area contributed by atoms with E-state index in [4.69, 9.17) is 5.73 Å². The van der Waals surface area contributed by atoms with Crippen LogP contribution in [0.3, 0.4) is 0 Å². The van der Waals surface area contributed by atoms with Gasteiger partial charge in [-0.3, -0.25) is 0 Å². The lowest BCUT2D eigenvalue weighted by Gasteiger charge is -1.97. The Morgan fingerprint density at radius 2 is 2.08 bits per heavy atom. The van der Waals surface area contributed by atoms with Crippen LogP contribution in [0.2, 0.25) is 0 Å². The SMILES string of the molecule is Cc1sc(N)c(-c2ccsc2)c1C. The van der Waals surface area contributed by atoms with Crippen LogP contribution in [-0.4, -0.2) is 0 Å². The quantitative estimate of drug-likeness (QED) is 0.762. The largest absolute Gasteiger partial charge is 0.390 e. The summed E-state index contributed by atoms with van der Waals surface area (Å²) in [6.07, 6.45) is 0. The Morgan fingerprint density at radius 3 is 2.54 bits per heavy atom. The van der Waals surface area contributed by atoms with Gasteiger partial charge in [-0.1, -0.05) is 0 Å². The molecule has 0 aliphatic rings. The van der Waals surface area contributed by atoms with Gasteiger partial charge in [0.15, 0.2) is 0 Å². The minimum absolute atomic E-state index is 0.938. The zero-order chi connectivity index (χ0) is 9.42. The van der Waals surface area contributed by atoms with Crippen molar-refractivity contribution in [2.24, 2.45) is 0 Å². The molecule has 2 rings (SSSR count). The molecule has 0 aliphatic carbocycles. The fourth-order valence-electron chi connectivity index (χ4n) is 1.42. The molecule has 13 heavy (non-hydrogen) atoms. The topological polar surface area (TPSA) is 26.0 Å². The molecule has 0 aliphatic heterocycles. The van der Waals surface area contributed by atoms with E-state index < -0.39 is 0 Å². The Labute approximate surface area is 85.8 Å². The fourth-order valence-corrected chi connectivity index (χ4v) is 3.02. The summed E-state index contributed by atoms with van der Waals surface area (Å²) in [5.74, 6) is 0. The van der Waals surface area contributed by atoms with Crippen molar-refractivity contribution in [1.82, 2.24) is 0 Å². The molecule has 0 amide bonds. The maximum absolute atomic E-state index is 5.96. The van der Waals surface area contributed by atoms with Crippen LogP contribution in [0.5, 0.6) is 0 Å². The van der Waals surface area contributed by atoms with Gasteiger partial charge in [-0.15, -0.1) is 11.3 Å². The minimum Gasteiger partial charge on any atom is -0.390 e. The second-order valence-electron chi connectivity index (χ2n) is 3.03. The Balaban J connectivity index is 2.64. The number of nitrogen functional groups attached to an aromatic ring is 1. The maximum atomic E-state index is 5.96. The van der Waals surface area contributed by atoms with E-state index in [1.807, 2.05) is 0 Å². The van der Waals surface area contributed by atoms with Gasteiger partial charge in [0.05, 0.1) is 5.00 Å². The molecular formula is C10H11NS2. The number of hydrogen-bond donors (Lipinski definition) is 1. The number of rotatable bonds is 1. The molecule has 2 aromatic rings. The van der Waals surface area contributed by atoms with Gasteiger partial charge in [0.25, 0.3) is 0 Å². The van der Waals surface area contributed by atoms with Gasteiger partial charge < -0.3 is 5.73 Å². The van der Waals surface area contributed by atoms with Gasteiger partial charge in [-0.2, -0.15) is 11.3 Å². The highest BCUT2D eigenvalue weighted by Gasteiger charge is 2.11. The molecule has 2 aromatic heterocycles. The van der Waals surface area contributed by atoms with Crippen LogP contribution < -0.4 is 5.73 Å². The average Bonchev–Trinajstić information content (AvgIpc) is 2.63. The molecule has 0 unspecified atom stereocenters. The number of thiophene rings is 2. The van der Waals surface area contributed by atoms with Gasteiger partial charge in [0.2, 0.25) is 0 Å². The van der Waals surface area contributed by atoms with Gasteiger partial charge in [0, 0.05) is 10.4 Å². The highest BCUT2D eigenvalue weighted by atomic mass is 32.1. The summed E-state index contributed by atoms with van der Waals surface area (Å²) in [6, 6.07) is 2.12. The first-order chi connectivity index (χ1) is 6.20. The van der Waals surface area contributed by atoms with Crippen LogP contribution in [0.1, 0.15) is 10.4 Å². The Morgan fingerprint density at radius 1 is 1.31 bits per heavy atom. The predicted molar refractivity (Wildman–Crippen MR) is 61.5 cm³/mol. The van der Waals surface area contributed by atoms with Crippen LogP contribution in [0.4, 0.5) is 5.00 Å². The molecule has 0 spiro atoms. The Hall–Kier alpha value is -0.800. The van der Waals surface area contributed by atoms with E-state index >= 15 is 0 Å². The molecule has 0 saturated heterocycles. The summed E-state index contributed by atoms with van der Waals surface area (Å²) >= 11 is 3.39. The number of nitrogens with two attached hydrogens (primary N) is 1. The average molecular weight is 209 g/mol. The van der Waals surface area contributed by atoms with E-state index in [-0.39, 0.29) is 0 Å². The van der Waals surface area contributed by atoms with Crippen LogP contribution >= 0.6 is 22.7 Å². The number of hydrogen-bond acceptors (Lipinski definition) is 3. The molecule has 2 N–H and O–H groups in total. The summed E-state index contributed by atoms with van der Waals surface area (Å²) < 4.78 is 0. The summed E-state index contributed by atoms with van der Waals surface area (Å²) in [5, 5.41) is 5.17. The third-order valence-corrected chi connectivity index (χ3v) is 3.94. The third kappa shape index (κ3) is 1.38. The monoisotopic (exact) mass is 209 g/mol. The third-order valence-electron chi connectivity index (χ3n) is 2.22. The van der Waals surface area contributed by atoms with Crippen molar-refractivity contribution in [1.29, 1.82) is 0 Å². The predicted octanol–water partition coefficient (Wildman–Crippen LogP) is 3.68. The summed E-state index contributed by atoms with van der Waals surface area (Å²) in [4.78, 5) is 1.32. The first-order valence-corrected chi connectivity index (χ1v) is 5.84. The fraction of sp³-hybridized carbons (Fsp3) is 0.200. The lowest BCUT2D eigenvalue weighted by molar-refractivity contribution is 1.44. The Kier molecular flexibility index (Phi) is 2.14. The maximum Gasteiger partial charge on any atom is 0.0941 e. The van der Waals surface area contributed by atoms with Crippen LogP contribution in [0.25, 0.3) is 11.1 Å². The lowest BCUT2D eigenvalue weighted by atomic mass is 10.1. The van der Waals surface area contributed by atoms with Crippen molar-refractivity contribution in [2.75, 3.05) is 5.73 Å². The molecule has 0 atom stereocenters. The molecule has 0 aromatic carbocycles. The summed E-state index contributed by atoms with van der Waals surface area (Å²) in [6.45, 7) is 4.25. The van der Waals surface area contributed by atoms with E-state index in [0.717, 1.165) is 5.00 Å². The van der Waals surface area contributed by atoms with E-state index in [9.17, 15) is 0 Å². The highest BCUT2D eigenvalue weighted by molar-refractivity contribution is 7.16. The molecule has 0 fully saturated rings. The normalized spacial score (nSPS) is 10.6. The molecule has 0 saturated carbocycles. The standard InChI is InChI=1S/C10H11NS2/c1-6-7(2)13-10(11)9(6)8-3-4-12-5-8/h3-5H,11H2,1-2H3. The molecule has 0 bridgehead atoms. The van der Waals surface area contributed by atoms with Crippen LogP contribution in [0.15, 0.2) is 16.8 Å². The molecule has 3 heteroatoms. The molecular weight excluding hydrogens is 198 g/mol. The highest BCUT2D eigenvalue weighted by Crippen LogP contribution is 2.38. The van der Waals surface area contributed by atoms with E-state index in [0.29, 0.717) is 0 Å². The second-order valence-corrected chi connectivity index (χ2v) is 5.07. The first kappa shape index (κ1) is 8.78. The van der Waals surface area contributed by atoms with Crippen molar-refractivity contribution in [3.05, 3.63) is 27.3 Å². The van der Waals surface area contributed by atoms with Crippen molar-refractivity contribution in [2.45, 2.75) is 13.8 Å².